The summed E-state index contributed by atoms with van der Waals surface area (Å²) in [5, 5.41) is 11.9. The van der Waals surface area contributed by atoms with E-state index in [0.29, 0.717) is 25.2 Å². The number of rotatable bonds is 6. The zero-order valence-corrected chi connectivity index (χ0v) is 18.0. The molecule has 1 amide bonds. The molecule has 3 rings (SSSR count). The Bertz CT molecular complexity index is 1020. The van der Waals surface area contributed by atoms with E-state index in [-0.39, 0.29) is 11.7 Å². The highest BCUT2D eigenvalue weighted by atomic mass is 79.9. The highest BCUT2D eigenvalue weighted by molar-refractivity contribution is 9.10. The van der Waals surface area contributed by atoms with Gasteiger partial charge in [-0.1, -0.05) is 12.1 Å². The smallest absolute Gasteiger partial charge is 0.226 e. The molecule has 8 heteroatoms. The van der Waals surface area contributed by atoms with Gasteiger partial charge >= 0.3 is 0 Å². The minimum Gasteiger partial charge on any atom is -0.323 e. The van der Waals surface area contributed by atoms with Crippen molar-refractivity contribution < 1.29 is 9.18 Å². The molecule has 0 radical (unpaired) electrons. The molecule has 0 aliphatic heterocycles. The zero-order chi connectivity index (χ0) is 20.4. The molecular weight excluding hydrogens is 425 g/mol. The summed E-state index contributed by atoms with van der Waals surface area (Å²) in [4.78, 5) is 12.5. The summed E-state index contributed by atoms with van der Waals surface area (Å²) in [5.41, 5.74) is 5.00. The highest BCUT2D eigenvalue weighted by Gasteiger charge is 2.16. The number of aryl methyl sites for hydroxylation is 3. The average Bonchev–Trinajstić information content (AvgIpc) is 3.04. The van der Waals surface area contributed by atoms with E-state index in [2.05, 4.69) is 31.4 Å². The second kappa shape index (κ2) is 8.26. The van der Waals surface area contributed by atoms with Crippen LogP contribution in [0, 0.1) is 33.5 Å². The van der Waals surface area contributed by atoms with Crippen LogP contribution in [-0.4, -0.2) is 25.5 Å². The van der Waals surface area contributed by atoms with Crippen molar-refractivity contribution in [3.05, 3.63) is 62.9 Å². The van der Waals surface area contributed by atoms with Gasteiger partial charge in [-0.15, -0.1) is 0 Å². The Morgan fingerprint density at radius 1 is 1.11 bits per heavy atom. The quantitative estimate of drug-likeness (QED) is 0.612. The Morgan fingerprint density at radius 2 is 1.82 bits per heavy atom. The first-order chi connectivity index (χ1) is 13.3. The first-order valence-corrected chi connectivity index (χ1v) is 9.83. The number of hydrogen-bond acceptors (Lipinski definition) is 3. The zero-order valence-electron chi connectivity index (χ0n) is 16.4. The summed E-state index contributed by atoms with van der Waals surface area (Å²) in [5.74, 6) is -0.372. The lowest BCUT2D eigenvalue weighted by molar-refractivity contribution is -0.116. The molecule has 28 heavy (non-hydrogen) atoms. The molecule has 0 bridgehead atoms. The number of nitrogens with zero attached hydrogens (tertiary/aromatic N) is 4. The summed E-state index contributed by atoms with van der Waals surface area (Å²) in [6.07, 6.45) is 0.308. The third kappa shape index (κ3) is 4.32. The summed E-state index contributed by atoms with van der Waals surface area (Å²) in [6, 6.07) is 6.43. The molecule has 148 valence electrons. The molecule has 6 nitrogen and oxygen atoms in total. The lowest BCUT2D eigenvalue weighted by Crippen LogP contribution is -2.16. The van der Waals surface area contributed by atoms with Crippen LogP contribution in [0.25, 0.3) is 0 Å². The van der Waals surface area contributed by atoms with Crippen LogP contribution in [0.15, 0.2) is 28.7 Å². The number of hydrogen-bond donors (Lipinski definition) is 1. The maximum absolute atomic E-state index is 13.4. The van der Waals surface area contributed by atoms with Gasteiger partial charge in [0.05, 0.1) is 40.3 Å². The van der Waals surface area contributed by atoms with E-state index in [1.165, 1.54) is 12.1 Å². The molecule has 1 aromatic carbocycles. The molecule has 0 atom stereocenters. The monoisotopic (exact) mass is 447 g/mol. The molecule has 3 aromatic rings. The standard InChI is InChI=1S/C20H23BrFN5O/c1-12-19(21)14(3)26(24-12)9-8-18(28)23-20-13(2)25-27(15(20)4)11-16-6-5-7-17(22)10-16/h5-7,10H,8-9,11H2,1-4H3,(H,23,28). The first kappa shape index (κ1) is 20.3. The number of carbonyl (C=O) groups excluding carboxylic acids is 1. The fourth-order valence-electron chi connectivity index (χ4n) is 3.14. The van der Waals surface area contributed by atoms with Gasteiger partial charge in [0.2, 0.25) is 5.91 Å². The van der Waals surface area contributed by atoms with Crippen LogP contribution in [0.4, 0.5) is 10.1 Å². The number of amides is 1. The topological polar surface area (TPSA) is 64.7 Å². The summed E-state index contributed by atoms with van der Waals surface area (Å²) >= 11 is 3.50. The van der Waals surface area contributed by atoms with Gasteiger partial charge in [0.1, 0.15) is 5.82 Å². The van der Waals surface area contributed by atoms with Crippen molar-refractivity contribution in [2.75, 3.05) is 5.32 Å². The van der Waals surface area contributed by atoms with Crippen molar-refractivity contribution in [3.8, 4) is 0 Å². The predicted molar refractivity (Wildman–Crippen MR) is 110 cm³/mol. The van der Waals surface area contributed by atoms with Crippen molar-refractivity contribution in [2.45, 2.75) is 47.2 Å². The molecule has 1 N–H and O–H groups in total. The normalized spacial score (nSPS) is 11.1. The van der Waals surface area contributed by atoms with Gasteiger partial charge in [0, 0.05) is 12.1 Å². The van der Waals surface area contributed by atoms with E-state index in [1.807, 2.05) is 38.4 Å². The fourth-order valence-corrected chi connectivity index (χ4v) is 3.43. The van der Waals surface area contributed by atoms with E-state index >= 15 is 0 Å². The van der Waals surface area contributed by atoms with Crippen LogP contribution in [-0.2, 0) is 17.9 Å². The molecule has 2 heterocycles. The Kier molecular flexibility index (Phi) is 5.98. The Hall–Kier alpha value is -2.48. The van der Waals surface area contributed by atoms with Gasteiger partial charge < -0.3 is 5.32 Å². The number of nitrogens with one attached hydrogen (secondary N) is 1. The molecule has 0 saturated carbocycles. The lowest BCUT2D eigenvalue weighted by atomic mass is 10.2. The van der Waals surface area contributed by atoms with Crippen LogP contribution in [0.2, 0.25) is 0 Å². The van der Waals surface area contributed by atoms with Gasteiger partial charge in [-0.2, -0.15) is 10.2 Å². The molecule has 2 aromatic heterocycles. The Labute approximate surface area is 171 Å². The van der Waals surface area contributed by atoms with Crippen molar-refractivity contribution in [1.82, 2.24) is 19.6 Å². The summed E-state index contributed by atoms with van der Waals surface area (Å²) in [6.45, 7) is 8.58. The van der Waals surface area contributed by atoms with Gasteiger partial charge in [-0.3, -0.25) is 14.2 Å². The molecular formula is C20H23BrFN5O. The Balaban J connectivity index is 1.67. The number of halogens is 2. The third-order valence-electron chi connectivity index (χ3n) is 4.71. The van der Waals surface area contributed by atoms with E-state index in [4.69, 9.17) is 0 Å². The average molecular weight is 448 g/mol. The largest absolute Gasteiger partial charge is 0.323 e. The van der Waals surface area contributed by atoms with Crippen LogP contribution in [0.5, 0.6) is 0 Å². The number of benzene rings is 1. The van der Waals surface area contributed by atoms with Gasteiger partial charge in [-0.25, -0.2) is 4.39 Å². The van der Waals surface area contributed by atoms with E-state index in [1.54, 1.807) is 10.7 Å². The number of aromatic nitrogens is 4. The Morgan fingerprint density at radius 3 is 2.46 bits per heavy atom. The van der Waals surface area contributed by atoms with E-state index < -0.39 is 0 Å². The predicted octanol–water partition coefficient (Wildman–Crippen LogP) is 4.29. The molecule has 0 saturated heterocycles. The van der Waals surface area contributed by atoms with Gasteiger partial charge in [0.25, 0.3) is 0 Å². The summed E-state index contributed by atoms with van der Waals surface area (Å²) in [7, 11) is 0. The van der Waals surface area contributed by atoms with Crippen molar-refractivity contribution >= 4 is 27.5 Å². The molecule has 0 aliphatic carbocycles. The maximum Gasteiger partial charge on any atom is 0.226 e. The van der Waals surface area contributed by atoms with Crippen molar-refractivity contribution in [2.24, 2.45) is 0 Å². The molecule has 0 unspecified atom stereocenters. The van der Waals surface area contributed by atoms with Crippen LogP contribution in [0.3, 0.4) is 0 Å². The van der Waals surface area contributed by atoms with Crippen molar-refractivity contribution in [1.29, 1.82) is 0 Å². The third-order valence-corrected chi connectivity index (χ3v) is 5.86. The highest BCUT2D eigenvalue weighted by Crippen LogP contribution is 2.22. The van der Waals surface area contributed by atoms with Gasteiger partial charge in [0.15, 0.2) is 0 Å². The molecule has 0 fully saturated rings. The molecule has 0 spiro atoms. The second-order valence-electron chi connectivity index (χ2n) is 6.84. The van der Waals surface area contributed by atoms with Crippen LogP contribution >= 0.6 is 15.9 Å². The number of anilines is 1. The maximum atomic E-state index is 13.4. The van der Waals surface area contributed by atoms with Crippen LogP contribution < -0.4 is 5.32 Å². The van der Waals surface area contributed by atoms with E-state index in [9.17, 15) is 9.18 Å². The SMILES string of the molecule is Cc1nn(CCC(=O)Nc2c(C)nn(Cc3cccc(F)c3)c2C)c(C)c1Br. The second-order valence-corrected chi connectivity index (χ2v) is 7.63. The fraction of sp³-hybridized carbons (Fsp3) is 0.350. The first-order valence-electron chi connectivity index (χ1n) is 9.04. The summed E-state index contributed by atoms with van der Waals surface area (Å²) < 4.78 is 18.0. The van der Waals surface area contributed by atoms with E-state index in [0.717, 1.165) is 32.8 Å². The minimum absolute atomic E-state index is 0.0971. The lowest BCUT2D eigenvalue weighted by Gasteiger charge is -2.08. The number of carbonyl (C=O) groups is 1. The van der Waals surface area contributed by atoms with Gasteiger partial charge in [-0.05, 0) is 61.3 Å². The van der Waals surface area contributed by atoms with Crippen molar-refractivity contribution in [3.63, 3.8) is 0 Å². The molecule has 0 aliphatic rings. The van der Waals surface area contributed by atoms with Crippen LogP contribution in [0.1, 0.15) is 34.8 Å². The minimum atomic E-state index is -0.275.